The molecule has 118 valence electrons. The molecule has 2 fully saturated rings. The molecule has 2 saturated heterocycles. The average molecular weight is 304 g/mol. The molecule has 5 nitrogen and oxygen atoms in total. The van der Waals surface area contributed by atoms with Crippen LogP contribution in [0, 0.1) is 0 Å². The second-order valence-corrected chi connectivity index (χ2v) is 8.41. The Balaban J connectivity index is 1.79. The monoisotopic (exact) mass is 304 g/mol. The number of fused-ring (bicyclic) bond motifs is 1. The molecule has 0 bridgehead atoms. The highest BCUT2D eigenvalue weighted by Gasteiger charge is 2.35. The maximum absolute atomic E-state index is 11.5. The molecule has 0 spiro atoms. The van der Waals surface area contributed by atoms with Gasteiger partial charge in [-0.3, -0.25) is 4.90 Å². The van der Waals surface area contributed by atoms with E-state index in [0.717, 1.165) is 19.6 Å². The summed E-state index contributed by atoms with van der Waals surface area (Å²) in [6.07, 6.45) is 4.30. The smallest absolute Gasteiger partial charge is 0.150 e. The van der Waals surface area contributed by atoms with Gasteiger partial charge in [0.05, 0.1) is 18.5 Å². The summed E-state index contributed by atoms with van der Waals surface area (Å²) < 4.78 is 29.1. The number of nitrogens with zero attached hydrogens (tertiary/aromatic N) is 1. The maximum atomic E-state index is 11.5. The molecule has 2 heterocycles. The van der Waals surface area contributed by atoms with Crippen molar-refractivity contribution in [1.82, 2.24) is 10.2 Å². The molecule has 0 saturated carbocycles. The lowest BCUT2D eigenvalue weighted by atomic mass is 10.0. The molecule has 0 aliphatic carbocycles. The Labute approximate surface area is 123 Å². The third-order valence-corrected chi connectivity index (χ3v) is 6.44. The van der Waals surface area contributed by atoms with Gasteiger partial charge in [-0.05, 0) is 39.3 Å². The van der Waals surface area contributed by atoms with Gasteiger partial charge in [-0.2, -0.15) is 0 Å². The minimum absolute atomic E-state index is 0.193. The van der Waals surface area contributed by atoms with E-state index in [9.17, 15) is 8.42 Å². The van der Waals surface area contributed by atoms with Gasteiger partial charge in [-0.25, -0.2) is 8.42 Å². The van der Waals surface area contributed by atoms with Crippen molar-refractivity contribution in [2.24, 2.45) is 0 Å². The highest BCUT2D eigenvalue weighted by Crippen LogP contribution is 2.24. The van der Waals surface area contributed by atoms with Crippen LogP contribution in [0.2, 0.25) is 0 Å². The number of ether oxygens (including phenoxy) is 1. The molecule has 0 aromatic heterocycles. The van der Waals surface area contributed by atoms with Crippen LogP contribution in [0.1, 0.15) is 32.6 Å². The largest absolute Gasteiger partial charge is 0.374 e. The Kier molecular flexibility index (Phi) is 5.84. The number of hydrogen-bond donors (Lipinski definition) is 1. The first-order valence-corrected chi connectivity index (χ1v) is 9.61. The van der Waals surface area contributed by atoms with E-state index in [2.05, 4.69) is 10.2 Å². The van der Waals surface area contributed by atoms with E-state index in [1.807, 2.05) is 7.05 Å². The highest BCUT2D eigenvalue weighted by atomic mass is 32.2. The fraction of sp³-hybridized carbons (Fsp3) is 1.00. The van der Waals surface area contributed by atoms with Crippen LogP contribution < -0.4 is 5.32 Å². The summed E-state index contributed by atoms with van der Waals surface area (Å²) in [5, 5.41) is 3.31. The Morgan fingerprint density at radius 3 is 2.95 bits per heavy atom. The SMILES string of the molecule is CCS(=O)(=O)CCCC(NC)C1CN2CCCC2CO1. The summed E-state index contributed by atoms with van der Waals surface area (Å²) in [6, 6.07) is 0.868. The summed E-state index contributed by atoms with van der Waals surface area (Å²) in [7, 11) is -0.904. The normalized spacial score (nSPS) is 29.3. The van der Waals surface area contributed by atoms with Gasteiger partial charge in [0.25, 0.3) is 0 Å². The van der Waals surface area contributed by atoms with Crippen LogP contribution in [0.4, 0.5) is 0 Å². The fourth-order valence-corrected chi connectivity index (χ4v) is 4.16. The zero-order valence-electron chi connectivity index (χ0n) is 12.7. The Bertz CT molecular complexity index is 399. The van der Waals surface area contributed by atoms with E-state index in [1.54, 1.807) is 6.92 Å². The summed E-state index contributed by atoms with van der Waals surface area (Å²) in [5.41, 5.74) is 0. The number of hydrogen-bond acceptors (Lipinski definition) is 5. The summed E-state index contributed by atoms with van der Waals surface area (Å²) in [4.78, 5) is 2.53. The molecular formula is C14H28N2O3S. The van der Waals surface area contributed by atoms with Crippen molar-refractivity contribution < 1.29 is 13.2 Å². The van der Waals surface area contributed by atoms with Crippen molar-refractivity contribution in [2.45, 2.75) is 50.8 Å². The van der Waals surface area contributed by atoms with Gasteiger partial charge in [-0.15, -0.1) is 0 Å². The number of nitrogens with one attached hydrogen (secondary N) is 1. The Hall–Kier alpha value is -0.170. The van der Waals surface area contributed by atoms with E-state index < -0.39 is 9.84 Å². The first-order valence-electron chi connectivity index (χ1n) is 7.79. The number of rotatable bonds is 7. The third kappa shape index (κ3) is 4.16. The van der Waals surface area contributed by atoms with Gasteiger partial charge in [-0.1, -0.05) is 6.92 Å². The van der Waals surface area contributed by atoms with E-state index >= 15 is 0 Å². The van der Waals surface area contributed by atoms with Crippen LogP contribution in [0.15, 0.2) is 0 Å². The molecule has 0 amide bonds. The molecule has 20 heavy (non-hydrogen) atoms. The van der Waals surface area contributed by atoms with Crippen LogP contribution in [-0.2, 0) is 14.6 Å². The molecule has 0 radical (unpaired) electrons. The second kappa shape index (κ2) is 7.20. The Morgan fingerprint density at radius 2 is 2.25 bits per heavy atom. The van der Waals surface area contributed by atoms with Crippen molar-refractivity contribution in [3.05, 3.63) is 0 Å². The standard InChI is InChI=1S/C14H28N2O3S/c1-3-20(17,18)9-5-7-13(15-2)14-10-16-8-4-6-12(16)11-19-14/h12-15H,3-11H2,1-2H3. The van der Waals surface area contributed by atoms with Crippen molar-refractivity contribution in [3.63, 3.8) is 0 Å². The third-order valence-electron chi connectivity index (χ3n) is 4.65. The van der Waals surface area contributed by atoms with Crippen LogP contribution in [0.25, 0.3) is 0 Å². The molecule has 2 rings (SSSR count). The summed E-state index contributed by atoms with van der Waals surface area (Å²) >= 11 is 0. The molecular weight excluding hydrogens is 276 g/mol. The number of morpholine rings is 1. The minimum atomic E-state index is -2.85. The second-order valence-electron chi connectivity index (χ2n) is 5.94. The zero-order chi connectivity index (χ0) is 14.6. The molecule has 2 aliphatic heterocycles. The van der Waals surface area contributed by atoms with Crippen LogP contribution in [0.3, 0.4) is 0 Å². The van der Waals surface area contributed by atoms with Gasteiger partial charge in [0.15, 0.2) is 0 Å². The van der Waals surface area contributed by atoms with Gasteiger partial charge in [0.1, 0.15) is 9.84 Å². The number of sulfone groups is 1. The quantitative estimate of drug-likeness (QED) is 0.748. The lowest BCUT2D eigenvalue weighted by molar-refractivity contribution is -0.0646. The van der Waals surface area contributed by atoms with Gasteiger partial charge in [0.2, 0.25) is 0 Å². The number of likely N-dealkylation sites (N-methyl/N-ethyl adjacent to an activating group) is 1. The van der Waals surface area contributed by atoms with E-state index in [4.69, 9.17) is 4.74 Å². The van der Waals surface area contributed by atoms with Crippen molar-refractivity contribution in [1.29, 1.82) is 0 Å². The van der Waals surface area contributed by atoms with Crippen molar-refractivity contribution >= 4 is 9.84 Å². The molecule has 0 aromatic carbocycles. The van der Waals surface area contributed by atoms with Gasteiger partial charge < -0.3 is 10.1 Å². The van der Waals surface area contributed by atoms with E-state index in [-0.39, 0.29) is 17.9 Å². The summed E-state index contributed by atoms with van der Waals surface area (Å²) in [5.74, 6) is 0.535. The first kappa shape index (κ1) is 16.2. The molecule has 0 aromatic rings. The molecule has 6 heteroatoms. The van der Waals surface area contributed by atoms with E-state index in [1.165, 1.54) is 19.4 Å². The Morgan fingerprint density at radius 1 is 1.45 bits per heavy atom. The predicted molar refractivity (Wildman–Crippen MR) is 80.7 cm³/mol. The zero-order valence-corrected chi connectivity index (χ0v) is 13.5. The lowest BCUT2D eigenvalue weighted by Gasteiger charge is -2.38. The molecule has 3 atom stereocenters. The lowest BCUT2D eigenvalue weighted by Crippen LogP contribution is -2.53. The fourth-order valence-electron chi connectivity index (χ4n) is 3.27. The molecule has 3 unspecified atom stereocenters. The topological polar surface area (TPSA) is 58.6 Å². The first-order chi connectivity index (χ1) is 9.55. The van der Waals surface area contributed by atoms with Gasteiger partial charge >= 0.3 is 0 Å². The van der Waals surface area contributed by atoms with Crippen LogP contribution >= 0.6 is 0 Å². The predicted octanol–water partition coefficient (Wildman–Crippen LogP) is 0.653. The highest BCUT2D eigenvalue weighted by molar-refractivity contribution is 7.91. The van der Waals surface area contributed by atoms with Crippen LogP contribution in [-0.4, -0.2) is 69.8 Å². The van der Waals surface area contributed by atoms with E-state index in [0.29, 0.717) is 18.2 Å². The maximum Gasteiger partial charge on any atom is 0.150 e. The van der Waals surface area contributed by atoms with Crippen LogP contribution in [0.5, 0.6) is 0 Å². The molecule has 1 N–H and O–H groups in total. The minimum Gasteiger partial charge on any atom is -0.374 e. The summed E-state index contributed by atoms with van der Waals surface area (Å²) in [6.45, 7) is 4.71. The van der Waals surface area contributed by atoms with Crippen molar-refractivity contribution in [3.8, 4) is 0 Å². The average Bonchev–Trinajstić information content (AvgIpc) is 2.91. The van der Waals surface area contributed by atoms with Gasteiger partial charge in [0, 0.05) is 24.4 Å². The molecule has 2 aliphatic rings. The van der Waals surface area contributed by atoms with Crippen molar-refractivity contribution in [2.75, 3.05) is 38.2 Å².